The Hall–Kier alpha value is -2.15. The smallest absolute Gasteiger partial charge is 0.220 e. The predicted molar refractivity (Wildman–Crippen MR) is 109 cm³/mol. The zero-order valence-corrected chi connectivity index (χ0v) is 16.1. The van der Waals surface area contributed by atoms with E-state index in [2.05, 4.69) is 44.8 Å². The number of H-pyrrole nitrogens is 1. The summed E-state index contributed by atoms with van der Waals surface area (Å²) in [5.74, 6) is 0.107. The van der Waals surface area contributed by atoms with Gasteiger partial charge in [0.05, 0.1) is 19.3 Å². The van der Waals surface area contributed by atoms with Gasteiger partial charge < -0.3 is 15.0 Å². The van der Waals surface area contributed by atoms with E-state index < -0.39 is 0 Å². The lowest BCUT2D eigenvalue weighted by Gasteiger charge is -2.34. The van der Waals surface area contributed by atoms with Crippen LogP contribution in [0.4, 0.5) is 0 Å². The maximum Gasteiger partial charge on any atom is 0.220 e. The van der Waals surface area contributed by atoms with Crippen molar-refractivity contribution in [2.45, 2.75) is 18.9 Å². The van der Waals surface area contributed by atoms with Crippen LogP contribution in [0.25, 0.3) is 10.9 Å². The number of hydrogen-bond acceptors (Lipinski definition) is 4. The second-order valence-electron chi connectivity index (χ2n) is 6.84. The maximum absolute atomic E-state index is 12.5. The molecular formula is C21H25N3O2S. The predicted octanol–water partition coefficient (Wildman–Crippen LogP) is 3.35. The van der Waals surface area contributed by atoms with Crippen molar-refractivity contribution in [2.75, 3.05) is 32.8 Å². The molecule has 1 amide bonds. The van der Waals surface area contributed by atoms with E-state index in [9.17, 15) is 4.79 Å². The van der Waals surface area contributed by atoms with Crippen LogP contribution in [0.15, 0.2) is 48.0 Å². The Morgan fingerprint density at radius 2 is 2.07 bits per heavy atom. The molecule has 6 heteroatoms. The number of carbonyl (C=O) groups is 1. The number of carbonyl (C=O) groups excluding carboxylic acids is 1. The molecule has 4 rings (SSSR count). The van der Waals surface area contributed by atoms with Gasteiger partial charge in [-0.2, -0.15) is 0 Å². The molecule has 1 saturated heterocycles. The monoisotopic (exact) mass is 383 g/mol. The molecule has 0 bridgehead atoms. The summed E-state index contributed by atoms with van der Waals surface area (Å²) < 4.78 is 5.48. The summed E-state index contributed by atoms with van der Waals surface area (Å²) in [5.41, 5.74) is 2.32. The first-order chi connectivity index (χ1) is 13.3. The van der Waals surface area contributed by atoms with Gasteiger partial charge in [-0.3, -0.25) is 9.69 Å². The van der Waals surface area contributed by atoms with Crippen molar-refractivity contribution < 1.29 is 9.53 Å². The van der Waals surface area contributed by atoms with Gasteiger partial charge in [0.2, 0.25) is 5.91 Å². The van der Waals surface area contributed by atoms with E-state index >= 15 is 0 Å². The van der Waals surface area contributed by atoms with Crippen LogP contribution >= 0.6 is 11.3 Å². The molecule has 3 aromatic rings. The Labute approximate surface area is 163 Å². The topological polar surface area (TPSA) is 57.4 Å². The van der Waals surface area contributed by atoms with Crippen LogP contribution in [-0.4, -0.2) is 48.6 Å². The molecule has 1 aromatic carbocycles. The quantitative estimate of drug-likeness (QED) is 0.658. The molecule has 142 valence electrons. The molecule has 1 atom stereocenters. The fourth-order valence-corrected chi connectivity index (χ4v) is 4.53. The summed E-state index contributed by atoms with van der Waals surface area (Å²) in [6.07, 6.45) is 3.26. The minimum absolute atomic E-state index is 0.107. The van der Waals surface area contributed by atoms with E-state index in [1.165, 1.54) is 15.8 Å². The number of aryl methyl sites for hydroxylation is 1. The number of para-hydroxylation sites is 1. The molecule has 0 spiro atoms. The number of benzene rings is 1. The number of hydrogen-bond donors (Lipinski definition) is 2. The van der Waals surface area contributed by atoms with Gasteiger partial charge in [-0.15, -0.1) is 11.3 Å². The number of thiophene rings is 1. The highest BCUT2D eigenvalue weighted by Gasteiger charge is 2.23. The summed E-state index contributed by atoms with van der Waals surface area (Å²) in [5, 5.41) is 6.46. The first kappa shape index (κ1) is 18.2. The Kier molecular flexibility index (Phi) is 5.87. The van der Waals surface area contributed by atoms with E-state index in [4.69, 9.17) is 4.74 Å². The fourth-order valence-electron chi connectivity index (χ4n) is 3.67. The molecule has 0 saturated carbocycles. The molecule has 2 aromatic heterocycles. The van der Waals surface area contributed by atoms with Crippen LogP contribution < -0.4 is 5.32 Å². The van der Waals surface area contributed by atoms with E-state index in [0.717, 1.165) is 38.2 Å². The SMILES string of the molecule is O=C(CCc1c[nH]c2ccccc12)NC[C@@H](c1cccs1)N1CCOCC1. The van der Waals surface area contributed by atoms with E-state index in [-0.39, 0.29) is 11.9 Å². The summed E-state index contributed by atoms with van der Waals surface area (Å²) in [7, 11) is 0. The standard InChI is InChI=1S/C21H25N3O2S/c25-21(8-7-16-14-22-18-5-2-1-4-17(16)18)23-15-19(20-6-3-13-27-20)24-9-11-26-12-10-24/h1-6,13-14,19,22H,7-12,15H2,(H,23,25)/t19-/m0/s1. The summed E-state index contributed by atoms with van der Waals surface area (Å²) >= 11 is 1.75. The number of nitrogens with one attached hydrogen (secondary N) is 2. The highest BCUT2D eigenvalue weighted by Crippen LogP contribution is 2.25. The third-order valence-electron chi connectivity index (χ3n) is 5.15. The van der Waals surface area contributed by atoms with Crippen LogP contribution in [0.5, 0.6) is 0 Å². The molecule has 2 N–H and O–H groups in total. The van der Waals surface area contributed by atoms with Gasteiger partial charge in [0.25, 0.3) is 0 Å². The van der Waals surface area contributed by atoms with Gasteiger partial charge in [-0.05, 0) is 29.5 Å². The van der Waals surface area contributed by atoms with Crippen molar-refractivity contribution in [3.63, 3.8) is 0 Å². The maximum atomic E-state index is 12.5. The molecule has 5 nitrogen and oxygen atoms in total. The highest BCUT2D eigenvalue weighted by molar-refractivity contribution is 7.10. The summed E-state index contributed by atoms with van der Waals surface area (Å²) in [6.45, 7) is 3.99. The van der Waals surface area contributed by atoms with Crippen molar-refractivity contribution in [1.29, 1.82) is 0 Å². The van der Waals surface area contributed by atoms with Crippen molar-refractivity contribution in [3.05, 3.63) is 58.4 Å². The van der Waals surface area contributed by atoms with Gasteiger partial charge in [0.1, 0.15) is 0 Å². The fraction of sp³-hybridized carbons (Fsp3) is 0.381. The molecule has 3 heterocycles. The molecule has 27 heavy (non-hydrogen) atoms. The van der Waals surface area contributed by atoms with E-state index in [0.29, 0.717) is 13.0 Å². The Morgan fingerprint density at radius 3 is 2.89 bits per heavy atom. The molecule has 0 unspecified atom stereocenters. The molecule has 1 aliphatic rings. The van der Waals surface area contributed by atoms with Crippen LogP contribution in [0.1, 0.15) is 22.9 Å². The van der Waals surface area contributed by atoms with Crippen molar-refractivity contribution >= 4 is 28.1 Å². The number of nitrogens with zero attached hydrogens (tertiary/aromatic N) is 1. The average Bonchev–Trinajstić information content (AvgIpc) is 3.38. The van der Waals surface area contributed by atoms with Crippen LogP contribution in [-0.2, 0) is 16.0 Å². The number of amides is 1. The lowest BCUT2D eigenvalue weighted by Crippen LogP contribution is -2.43. The lowest BCUT2D eigenvalue weighted by molar-refractivity contribution is -0.121. The van der Waals surface area contributed by atoms with Crippen LogP contribution in [0, 0.1) is 0 Å². The van der Waals surface area contributed by atoms with Gasteiger partial charge in [-0.1, -0.05) is 24.3 Å². The zero-order valence-electron chi connectivity index (χ0n) is 15.3. The highest BCUT2D eigenvalue weighted by atomic mass is 32.1. The Bertz CT molecular complexity index is 869. The normalized spacial score (nSPS) is 16.4. The molecule has 0 radical (unpaired) electrons. The number of ether oxygens (including phenoxy) is 1. The van der Waals surface area contributed by atoms with Gasteiger partial charge in [0.15, 0.2) is 0 Å². The molecule has 1 aliphatic heterocycles. The van der Waals surface area contributed by atoms with Crippen molar-refractivity contribution in [1.82, 2.24) is 15.2 Å². The largest absolute Gasteiger partial charge is 0.379 e. The zero-order chi connectivity index (χ0) is 18.5. The summed E-state index contributed by atoms with van der Waals surface area (Å²) in [4.78, 5) is 19.5. The summed E-state index contributed by atoms with van der Waals surface area (Å²) in [6, 6.07) is 12.7. The van der Waals surface area contributed by atoms with Gasteiger partial charge >= 0.3 is 0 Å². The second kappa shape index (κ2) is 8.69. The third-order valence-corrected chi connectivity index (χ3v) is 6.12. The van der Waals surface area contributed by atoms with E-state index in [1.807, 2.05) is 18.3 Å². The number of fused-ring (bicyclic) bond motifs is 1. The lowest BCUT2D eigenvalue weighted by atomic mass is 10.1. The Balaban J connectivity index is 1.34. The Morgan fingerprint density at radius 1 is 1.22 bits per heavy atom. The molecule has 1 fully saturated rings. The number of rotatable bonds is 7. The molecular weight excluding hydrogens is 358 g/mol. The first-order valence-corrected chi connectivity index (χ1v) is 10.4. The van der Waals surface area contributed by atoms with Gasteiger partial charge in [0, 0.05) is 48.0 Å². The minimum Gasteiger partial charge on any atom is -0.379 e. The number of aromatic nitrogens is 1. The minimum atomic E-state index is 0.107. The number of morpholine rings is 1. The van der Waals surface area contributed by atoms with Gasteiger partial charge in [-0.25, -0.2) is 0 Å². The number of aromatic amines is 1. The second-order valence-corrected chi connectivity index (χ2v) is 7.82. The van der Waals surface area contributed by atoms with Crippen LogP contribution in [0.2, 0.25) is 0 Å². The van der Waals surface area contributed by atoms with E-state index in [1.54, 1.807) is 11.3 Å². The molecule has 0 aliphatic carbocycles. The third kappa shape index (κ3) is 4.40. The van der Waals surface area contributed by atoms with Crippen LogP contribution in [0.3, 0.4) is 0 Å². The average molecular weight is 384 g/mol. The van der Waals surface area contributed by atoms with Crippen molar-refractivity contribution in [2.24, 2.45) is 0 Å². The van der Waals surface area contributed by atoms with Crippen molar-refractivity contribution in [3.8, 4) is 0 Å². The first-order valence-electron chi connectivity index (χ1n) is 9.48.